The molecule has 0 aliphatic carbocycles. The Bertz CT molecular complexity index is 689. The van der Waals surface area contributed by atoms with Gasteiger partial charge in [0.2, 0.25) is 5.91 Å². The number of methoxy groups -OCH3 is 1. The molecule has 1 atom stereocenters. The molecule has 0 N–H and O–H groups in total. The van der Waals surface area contributed by atoms with E-state index < -0.39 is 0 Å². The Balaban J connectivity index is 1.64. The molecular formula is C18H22N2O3. The van der Waals surface area contributed by atoms with Crippen molar-refractivity contribution in [1.82, 2.24) is 10.1 Å². The maximum Gasteiger partial charge on any atom is 0.223 e. The second kappa shape index (κ2) is 6.44. The maximum atomic E-state index is 12.5. The van der Waals surface area contributed by atoms with Crippen molar-refractivity contribution in [3.8, 4) is 5.75 Å². The number of nitrogens with zero attached hydrogens (tertiary/aromatic N) is 2. The fraction of sp³-hybridized carbons (Fsp3) is 0.444. The summed E-state index contributed by atoms with van der Waals surface area (Å²) in [6, 6.07) is 8.13. The minimum atomic E-state index is 0.169. The largest absolute Gasteiger partial charge is 0.497 e. The monoisotopic (exact) mass is 314 g/mol. The van der Waals surface area contributed by atoms with E-state index in [9.17, 15) is 4.79 Å². The van der Waals surface area contributed by atoms with Gasteiger partial charge in [0, 0.05) is 18.5 Å². The molecule has 1 aromatic heterocycles. The van der Waals surface area contributed by atoms with Crippen molar-refractivity contribution in [3.05, 3.63) is 46.8 Å². The maximum absolute atomic E-state index is 12.5. The zero-order valence-electron chi connectivity index (χ0n) is 13.8. The molecule has 0 radical (unpaired) electrons. The lowest BCUT2D eigenvalue weighted by Gasteiger charge is -2.41. The van der Waals surface area contributed by atoms with Crippen molar-refractivity contribution in [2.45, 2.75) is 39.2 Å². The van der Waals surface area contributed by atoms with Gasteiger partial charge in [0.25, 0.3) is 0 Å². The highest BCUT2D eigenvalue weighted by atomic mass is 16.5. The molecule has 0 saturated carbocycles. The highest BCUT2D eigenvalue weighted by molar-refractivity contribution is 5.78. The summed E-state index contributed by atoms with van der Waals surface area (Å²) >= 11 is 0. The summed E-state index contributed by atoms with van der Waals surface area (Å²) < 4.78 is 10.4. The number of ether oxygens (including phenoxy) is 1. The first-order valence-electron chi connectivity index (χ1n) is 7.95. The fourth-order valence-corrected chi connectivity index (χ4v) is 3.12. The van der Waals surface area contributed by atoms with Gasteiger partial charge in [-0.05, 0) is 44.4 Å². The Kier molecular flexibility index (Phi) is 4.37. The van der Waals surface area contributed by atoms with Crippen LogP contribution in [0.15, 0.2) is 28.8 Å². The number of aromatic nitrogens is 1. The standard InChI is InChI=1S/C18H22N2O3/c1-12-16(13(2)23-19-12)7-8-18(21)20-10-9-17(20)14-5-4-6-15(11-14)22-3/h4-6,11,17H,7-10H2,1-3H3/t17-/m1/s1. The molecule has 23 heavy (non-hydrogen) atoms. The number of hydrogen-bond acceptors (Lipinski definition) is 4. The highest BCUT2D eigenvalue weighted by Gasteiger charge is 2.33. The fourth-order valence-electron chi connectivity index (χ4n) is 3.12. The normalized spacial score (nSPS) is 17.0. The Morgan fingerprint density at radius 3 is 2.87 bits per heavy atom. The smallest absolute Gasteiger partial charge is 0.223 e. The quantitative estimate of drug-likeness (QED) is 0.850. The summed E-state index contributed by atoms with van der Waals surface area (Å²) in [5.41, 5.74) is 3.07. The number of carbonyl (C=O) groups is 1. The van der Waals surface area contributed by atoms with Gasteiger partial charge in [-0.3, -0.25) is 4.79 Å². The average molecular weight is 314 g/mol. The van der Waals surface area contributed by atoms with E-state index in [2.05, 4.69) is 11.2 Å². The van der Waals surface area contributed by atoms with Gasteiger partial charge in [0.05, 0.1) is 18.8 Å². The molecule has 2 heterocycles. The van der Waals surface area contributed by atoms with Crippen LogP contribution in [0.2, 0.25) is 0 Å². The second-order valence-corrected chi connectivity index (χ2v) is 5.97. The minimum absolute atomic E-state index is 0.169. The number of benzene rings is 1. The number of aryl methyl sites for hydroxylation is 2. The van der Waals surface area contributed by atoms with Gasteiger partial charge in [-0.25, -0.2) is 0 Å². The van der Waals surface area contributed by atoms with E-state index in [1.54, 1.807) is 7.11 Å². The van der Waals surface area contributed by atoms with Gasteiger partial charge in [0.15, 0.2) is 0 Å². The Morgan fingerprint density at radius 1 is 1.43 bits per heavy atom. The van der Waals surface area contributed by atoms with E-state index in [4.69, 9.17) is 9.26 Å². The number of amides is 1. The zero-order chi connectivity index (χ0) is 16.4. The van der Waals surface area contributed by atoms with Crippen LogP contribution in [-0.4, -0.2) is 29.6 Å². The topological polar surface area (TPSA) is 55.6 Å². The van der Waals surface area contributed by atoms with Crippen molar-refractivity contribution >= 4 is 5.91 Å². The molecule has 1 fully saturated rings. The summed E-state index contributed by atoms with van der Waals surface area (Å²) in [5.74, 6) is 1.82. The molecule has 122 valence electrons. The van der Waals surface area contributed by atoms with Gasteiger partial charge < -0.3 is 14.2 Å². The van der Waals surface area contributed by atoms with E-state index in [1.165, 1.54) is 0 Å². The minimum Gasteiger partial charge on any atom is -0.497 e. The van der Waals surface area contributed by atoms with E-state index in [-0.39, 0.29) is 11.9 Å². The molecule has 0 spiro atoms. The Hall–Kier alpha value is -2.30. The molecule has 2 aromatic rings. The van der Waals surface area contributed by atoms with E-state index in [1.807, 2.05) is 36.9 Å². The van der Waals surface area contributed by atoms with Crippen LogP contribution < -0.4 is 4.74 Å². The molecule has 5 heteroatoms. The second-order valence-electron chi connectivity index (χ2n) is 5.97. The van der Waals surface area contributed by atoms with Crippen LogP contribution in [0, 0.1) is 13.8 Å². The first kappa shape index (κ1) is 15.6. The number of rotatable bonds is 5. The summed E-state index contributed by atoms with van der Waals surface area (Å²) in [4.78, 5) is 14.5. The molecule has 3 rings (SSSR count). The molecule has 1 amide bonds. The van der Waals surface area contributed by atoms with Gasteiger partial charge in [0.1, 0.15) is 11.5 Å². The summed E-state index contributed by atoms with van der Waals surface area (Å²) in [6.07, 6.45) is 2.18. The van der Waals surface area contributed by atoms with Crippen LogP contribution in [0.1, 0.15) is 41.5 Å². The van der Waals surface area contributed by atoms with Crippen molar-refractivity contribution in [2.24, 2.45) is 0 Å². The molecular weight excluding hydrogens is 292 g/mol. The predicted octanol–water partition coefficient (Wildman–Crippen LogP) is 3.21. The lowest BCUT2D eigenvalue weighted by Crippen LogP contribution is -2.45. The van der Waals surface area contributed by atoms with Crippen molar-refractivity contribution in [2.75, 3.05) is 13.7 Å². The van der Waals surface area contributed by atoms with Crippen molar-refractivity contribution in [3.63, 3.8) is 0 Å². The zero-order valence-corrected chi connectivity index (χ0v) is 13.8. The molecule has 1 aliphatic heterocycles. The van der Waals surface area contributed by atoms with Gasteiger partial charge in [-0.15, -0.1) is 0 Å². The third-order valence-corrected chi connectivity index (χ3v) is 4.59. The first-order chi connectivity index (χ1) is 11.1. The predicted molar refractivity (Wildman–Crippen MR) is 86.4 cm³/mol. The highest BCUT2D eigenvalue weighted by Crippen LogP contribution is 2.35. The third kappa shape index (κ3) is 3.09. The van der Waals surface area contributed by atoms with Crippen molar-refractivity contribution in [1.29, 1.82) is 0 Å². The summed E-state index contributed by atoms with van der Waals surface area (Å²) in [7, 11) is 1.66. The molecule has 1 aromatic carbocycles. The SMILES string of the molecule is COc1cccc([C@H]2CCN2C(=O)CCc2c(C)noc2C)c1. The van der Waals surface area contributed by atoms with Gasteiger partial charge >= 0.3 is 0 Å². The van der Waals surface area contributed by atoms with Gasteiger partial charge in [-0.2, -0.15) is 0 Å². The van der Waals surface area contributed by atoms with Crippen LogP contribution in [0.5, 0.6) is 5.75 Å². The van der Waals surface area contributed by atoms with Gasteiger partial charge in [-0.1, -0.05) is 17.3 Å². The first-order valence-corrected chi connectivity index (χ1v) is 7.95. The van der Waals surface area contributed by atoms with Crippen LogP contribution in [-0.2, 0) is 11.2 Å². The lowest BCUT2D eigenvalue weighted by molar-refractivity contribution is -0.139. The third-order valence-electron chi connectivity index (χ3n) is 4.59. The Labute approximate surface area is 136 Å². The lowest BCUT2D eigenvalue weighted by atomic mass is 9.93. The molecule has 0 unspecified atom stereocenters. The van der Waals surface area contributed by atoms with Crippen LogP contribution in [0.3, 0.4) is 0 Å². The Morgan fingerprint density at radius 2 is 2.26 bits per heavy atom. The molecule has 5 nitrogen and oxygen atoms in total. The average Bonchev–Trinajstić information content (AvgIpc) is 2.83. The van der Waals surface area contributed by atoms with E-state index in [0.717, 1.165) is 41.3 Å². The molecule has 1 aliphatic rings. The molecule has 0 bridgehead atoms. The number of hydrogen-bond donors (Lipinski definition) is 0. The number of carbonyl (C=O) groups excluding carboxylic acids is 1. The van der Waals surface area contributed by atoms with Crippen LogP contribution in [0.25, 0.3) is 0 Å². The summed E-state index contributed by atoms with van der Waals surface area (Å²) in [6.45, 7) is 4.63. The molecule has 1 saturated heterocycles. The van der Waals surface area contributed by atoms with E-state index >= 15 is 0 Å². The van der Waals surface area contributed by atoms with E-state index in [0.29, 0.717) is 12.8 Å². The van der Waals surface area contributed by atoms with Crippen LogP contribution >= 0.6 is 0 Å². The number of likely N-dealkylation sites (tertiary alicyclic amines) is 1. The van der Waals surface area contributed by atoms with Crippen LogP contribution in [0.4, 0.5) is 0 Å². The summed E-state index contributed by atoms with van der Waals surface area (Å²) in [5, 5.41) is 3.94. The van der Waals surface area contributed by atoms with Crippen molar-refractivity contribution < 1.29 is 14.1 Å².